The Balaban J connectivity index is 2.69. The average molecular weight is 333 g/mol. The molecule has 0 aliphatic carbocycles. The van der Waals surface area contributed by atoms with Crippen LogP contribution in [0.5, 0.6) is 0 Å². The Morgan fingerprint density at radius 2 is 2.21 bits per heavy atom. The number of halogens is 2. The summed E-state index contributed by atoms with van der Waals surface area (Å²) in [7, 11) is 0. The van der Waals surface area contributed by atoms with E-state index in [2.05, 4.69) is 26.6 Å². The topological polar surface area (TPSA) is 61.4 Å². The van der Waals surface area contributed by atoms with Crippen LogP contribution in [0.1, 0.15) is 26.7 Å². The number of urea groups is 1. The van der Waals surface area contributed by atoms with Crippen molar-refractivity contribution in [3.8, 4) is 0 Å². The first kappa shape index (κ1) is 15.9. The molecule has 6 heteroatoms. The van der Waals surface area contributed by atoms with Gasteiger partial charge in [-0.25, -0.2) is 9.18 Å². The summed E-state index contributed by atoms with van der Waals surface area (Å²) >= 11 is 3.18. The van der Waals surface area contributed by atoms with E-state index in [1.165, 1.54) is 18.2 Å². The molecule has 0 heterocycles. The van der Waals surface area contributed by atoms with Gasteiger partial charge in [0.1, 0.15) is 5.82 Å². The van der Waals surface area contributed by atoms with Gasteiger partial charge in [0, 0.05) is 16.6 Å². The summed E-state index contributed by atoms with van der Waals surface area (Å²) in [5, 5.41) is 14.4. The van der Waals surface area contributed by atoms with Gasteiger partial charge in [0.05, 0.1) is 5.69 Å². The molecule has 1 unspecified atom stereocenters. The Morgan fingerprint density at radius 1 is 1.53 bits per heavy atom. The molecule has 0 aliphatic rings. The van der Waals surface area contributed by atoms with Gasteiger partial charge < -0.3 is 15.7 Å². The van der Waals surface area contributed by atoms with Crippen LogP contribution in [-0.2, 0) is 0 Å². The summed E-state index contributed by atoms with van der Waals surface area (Å²) in [5.74, 6) is -0.378. The van der Waals surface area contributed by atoms with Crippen molar-refractivity contribution in [2.24, 2.45) is 0 Å². The van der Waals surface area contributed by atoms with E-state index >= 15 is 0 Å². The lowest BCUT2D eigenvalue weighted by Gasteiger charge is -2.29. The number of hydrogen-bond acceptors (Lipinski definition) is 2. The standard InChI is InChI=1S/C13H18BrFN2O2/c1-3-13(2,6-7-18)17-12(19)16-11-5-4-9(15)8-10(11)14/h4-5,8,18H,3,6-7H2,1-2H3,(H2,16,17,19). The lowest BCUT2D eigenvalue weighted by molar-refractivity contribution is 0.208. The van der Waals surface area contributed by atoms with Gasteiger partial charge >= 0.3 is 6.03 Å². The number of hydrogen-bond donors (Lipinski definition) is 3. The average Bonchev–Trinajstić information content (AvgIpc) is 2.33. The minimum atomic E-state index is -0.467. The second kappa shape index (κ2) is 6.86. The molecule has 106 valence electrons. The van der Waals surface area contributed by atoms with Crippen molar-refractivity contribution in [3.63, 3.8) is 0 Å². The molecule has 0 radical (unpaired) electrons. The van der Waals surface area contributed by atoms with Crippen molar-refractivity contribution in [1.82, 2.24) is 5.32 Å². The first-order valence-electron chi connectivity index (χ1n) is 6.05. The molecule has 2 amide bonds. The molecule has 0 fully saturated rings. The maximum atomic E-state index is 12.9. The predicted octanol–water partition coefficient (Wildman–Crippen LogP) is 3.26. The number of aliphatic hydroxyl groups is 1. The number of aliphatic hydroxyl groups excluding tert-OH is 1. The Hall–Kier alpha value is -1.14. The SMILES string of the molecule is CCC(C)(CCO)NC(=O)Nc1ccc(F)cc1Br. The van der Waals surface area contributed by atoms with Crippen molar-refractivity contribution in [2.75, 3.05) is 11.9 Å². The highest BCUT2D eigenvalue weighted by Crippen LogP contribution is 2.23. The van der Waals surface area contributed by atoms with Gasteiger partial charge in [0.2, 0.25) is 0 Å². The van der Waals surface area contributed by atoms with Gasteiger partial charge in [0.25, 0.3) is 0 Å². The summed E-state index contributed by atoms with van der Waals surface area (Å²) < 4.78 is 13.4. The Morgan fingerprint density at radius 3 is 2.74 bits per heavy atom. The van der Waals surface area contributed by atoms with Gasteiger partial charge in [-0.2, -0.15) is 0 Å². The molecule has 1 atom stereocenters. The van der Waals surface area contributed by atoms with Crippen molar-refractivity contribution in [3.05, 3.63) is 28.5 Å². The number of carbonyl (C=O) groups is 1. The number of rotatable bonds is 5. The third kappa shape index (κ3) is 4.80. The Bertz CT molecular complexity index is 456. The van der Waals surface area contributed by atoms with Crippen LogP contribution >= 0.6 is 15.9 Å². The van der Waals surface area contributed by atoms with Crippen molar-refractivity contribution in [1.29, 1.82) is 0 Å². The van der Waals surface area contributed by atoms with Crippen LogP contribution in [0, 0.1) is 5.82 Å². The second-order valence-electron chi connectivity index (χ2n) is 4.59. The van der Waals surface area contributed by atoms with Gasteiger partial charge in [-0.05, 0) is 53.9 Å². The van der Waals surface area contributed by atoms with Crippen LogP contribution in [0.15, 0.2) is 22.7 Å². The minimum Gasteiger partial charge on any atom is -0.396 e. The maximum absolute atomic E-state index is 12.9. The highest BCUT2D eigenvalue weighted by atomic mass is 79.9. The summed E-state index contributed by atoms with van der Waals surface area (Å²) in [6.07, 6.45) is 1.17. The van der Waals surface area contributed by atoms with E-state index in [0.717, 1.165) is 0 Å². The van der Waals surface area contributed by atoms with Crippen LogP contribution in [0.3, 0.4) is 0 Å². The maximum Gasteiger partial charge on any atom is 0.319 e. The smallest absolute Gasteiger partial charge is 0.319 e. The van der Waals surface area contributed by atoms with Crippen LogP contribution in [0.2, 0.25) is 0 Å². The molecule has 1 rings (SSSR count). The first-order valence-corrected chi connectivity index (χ1v) is 6.84. The third-order valence-corrected chi connectivity index (χ3v) is 3.69. The molecule has 1 aromatic rings. The quantitative estimate of drug-likeness (QED) is 0.775. The molecule has 0 saturated carbocycles. The van der Waals surface area contributed by atoms with Crippen LogP contribution in [-0.4, -0.2) is 23.3 Å². The van der Waals surface area contributed by atoms with E-state index < -0.39 is 5.54 Å². The fraction of sp³-hybridized carbons (Fsp3) is 0.462. The first-order chi connectivity index (χ1) is 8.90. The third-order valence-electron chi connectivity index (χ3n) is 3.04. The number of carbonyl (C=O) groups excluding carboxylic acids is 1. The molecule has 1 aromatic carbocycles. The summed E-state index contributed by atoms with van der Waals surface area (Å²) in [6, 6.07) is 3.65. The monoisotopic (exact) mass is 332 g/mol. The predicted molar refractivity (Wildman–Crippen MR) is 76.7 cm³/mol. The van der Waals surface area contributed by atoms with Crippen molar-refractivity contribution < 1.29 is 14.3 Å². The van der Waals surface area contributed by atoms with E-state index in [0.29, 0.717) is 23.0 Å². The normalized spacial score (nSPS) is 13.7. The molecule has 0 saturated heterocycles. The number of anilines is 1. The van der Waals surface area contributed by atoms with Crippen LogP contribution < -0.4 is 10.6 Å². The zero-order chi connectivity index (χ0) is 14.5. The van der Waals surface area contributed by atoms with Crippen LogP contribution in [0.25, 0.3) is 0 Å². The summed E-state index contributed by atoms with van der Waals surface area (Å²) in [6.45, 7) is 3.80. The molecule has 19 heavy (non-hydrogen) atoms. The molecular weight excluding hydrogens is 315 g/mol. The molecule has 3 N–H and O–H groups in total. The lowest BCUT2D eigenvalue weighted by Crippen LogP contribution is -2.48. The van der Waals surface area contributed by atoms with E-state index in [4.69, 9.17) is 5.11 Å². The van der Waals surface area contributed by atoms with E-state index in [1.807, 2.05) is 13.8 Å². The molecule has 0 aliphatic heterocycles. The van der Waals surface area contributed by atoms with Gasteiger partial charge in [-0.15, -0.1) is 0 Å². The molecule has 0 spiro atoms. The zero-order valence-corrected chi connectivity index (χ0v) is 12.6. The number of benzene rings is 1. The zero-order valence-electron chi connectivity index (χ0n) is 11.0. The number of nitrogens with one attached hydrogen (secondary N) is 2. The lowest BCUT2D eigenvalue weighted by atomic mass is 9.95. The molecule has 0 bridgehead atoms. The molecular formula is C13H18BrFN2O2. The summed E-state index contributed by atoms with van der Waals surface area (Å²) in [4.78, 5) is 11.9. The highest BCUT2D eigenvalue weighted by molar-refractivity contribution is 9.10. The van der Waals surface area contributed by atoms with Gasteiger partial charge in [-0.3, -0.25) is 0 Å². The number of amides is 2. The minimum absolute atomic E-state index is 0.00482. The van der Waals surface area contributed by atoms with E-state index in [-0.39, 0.29) is 18.5 Å². The highest BCUT2D eigenvalue weighted by Gasteiger charge is 2.23. The largest absolute Gasteiger partial charge is 0.396 e. The molecule has 0 aromatic heterocycles. The van der Waals surface area contributed by atoms with Crippen molar-refractivity contribution in [2.45, 2.75) is 32.2 Å². The summed E-state index contributed by atoms with van der Waals surface area (Å²) in [5.41, 5.74) is 0.0204. The molecule has 4 nitrogen and oxygen atoms in total. The fourth-order valence-corrected chi connectivity index (χ4v) is 2.04. The van der Waals surface area contributed by atoms with Crippen LogP contribution in [0.4, 0.5) is 14.9 Å². The van der Waals surface area contributed by atoms with Crippen molar-refractivity contribution >= 4 is 27.6 Å². The van der Waals surface area contributed by atoms with Gasteiger partial charge in [-0.1, -0.05) is 6.92 Å². The van der Waals surface area contributed by atoms with E-state index in [9.17, 15) is 9.18 Å². The Kier molecular flexibility index (Phi) is 5.75. The second-order valence-corrected chi connectivity index (χ2v) is 5.45. The van der Waals surface area contributed by atoms with E-state index in [1.54, 1.807) is 0 Å². The van der Waals surface area contributed by atoms with Gasteiger partial charge in [0.15, 0.2) is 0 Å². The Labute approximate surface area is 120 Å². The fourth-order valence-electron chi connectivity index (χ4n) is 1.59.